The second kappa shape index (κ2) is 5.36. The number of carbonyl (C=O) groups is 1. The molecule has 1 aromatic rings. The van der Waals surface area contributed by atoms with Crippen LogP contribution < -0.4 is 10.1 Å². The van der Waals surface area contributed by atoms with Crippen molar-refractivity contribution in [2.45, 2.75) is 44.6 Å². The first kappa shape index (κ1) is 13.2. The average molecular weight is 285 g/mol. The van der Waals surface area contributed by atoms with Gasteiger partial charge in [-0.15, -0.1) is 0 Å². The number of hydrogen-bond donors (Lipinski definition) is 1. The molecule has 1 amide bonds. The van der Waals surface area contributed by atoms with Gasteiger partial charge in [-0.2, -0.15) is 0 Å². The summed E-state index contributed by atoms with van der Waals surface area (Å²) in [4.78, 5) is 12.4. The highest BCUT2D eigenvalue weighted by Gasteiger charge is 2.40. The Balaban J connectivity index is 1.39. The minimum atomic E-state index is 0.126. The molecular formula is C18H23NO2. The van der Waals surface area contributed by atoms with E-state index < -0.39 is 0 Å². The fourth-order valence-corrected chi connectivity index (χ4v) is 4.61. The van der Waals surface area contributed by atoms with E-state index in [4.69, 9.17) is 4.74 Å². The average Bonchev–Trinajstić information content (AvgIpc) is 3.10. The first-order valence-corrected chi connectivity index (χ1v) is 8.30. The maximum atomic E-state index is 12.4. The molecule has 3 nitrogen and oxygen atoms in total. The molecule has 2 fully saturated rings. The van der Waals surface area contributed by atoms with E-state index >= 15 is 0 Å². The van der Waals surface area contributed by atoms with Crippen molar-refractivity contribution in [3.63, 3.8) is 0 Å². The third-order valence-electron chi connectivity index (χ3n) is 5.63. The fourth-order valence-electron chi connectivity index (χ4n) is 4.61. The molecule has 2 aliphatic carbocycles. The third kappa shape index (κ3) is 2.54. The molecule has 2 bridgehead atoms. The molecule has 1 aliphatic heterocycles. The van der Waals surface area contributed by atoms with Crippen molar-refractivity contribution in [2.24, 2.45) is 17.8 Å². The zero-order valence-corrected chi connectivity index (χ0v) is 12.4. The Bertz CT molecular complexity index is 542. The molecule has 1 aromatic carbocycles. The number of nitrogens with one attached hydrogen (secondary N) is 1. The molecule has 4 rings (SSSR count). The van der Waals surface area contributed by atoms with Crippen LogP contribution in [0.4, 0.5) is 0 Å². The molecule has 112 valence electrons. The Morgan fingerprint density at radius 3 is 2.90 bits per heavy atom. The Morgan fingerprint density at radius 1 is 1.19 bits per heavy atom. The number of para-hydroxylation sites is 1. The van der Waals surface area contributed by atoms with Crippen LogP contribution in [-0.4, -0.2) is 12.5 Å². The summed E-state index contributed by atoms with van der Waals surface area (Å²) >= 11 is 0. The standard InChI is InChI=1S/C18H23NO2/c20-18(11-14-10-12-5-6-13(14)9-12)19-16-7-8-21-17-4-2-1-3-15(16)17/h1-4,12-14,16H,5-11H2,(H,19,20)/t12-,13-,14-,16+/m0/s1. The van der Waals surface area contributed by atoms with Crippen LogP contribution in [0, 0.1) is 17.8 Å². The number of fused-ring (bicyclic) bond motifs is 3. The number of benzene rings is 1. The molecule has 3 heteroatoms. The fraction of sp³-hybridized carbons (Fsp3) is 0.611. The predicted octanol–water partition coefficient (Wildman–Crippen LogP) is 3.45. The summed E-state index contributed by atoms with van der Waals surface area (Å²) in [6.07, 6.45) is 7.00. The summed E-state index contributed by atoms with van der Waals surface area (Å²) in [7, 11) is 0. The van der Waals surface area contributed by atoms with E-state index in [1.54, 1.807) is 0 Å². The summed E-state index contributed by atoms with van der Waals surface area (Å²) in [5.74, 6) is 3.53. The number of carbonyl (C=O) groups excluding carboxylic acids is 1. The van der Waals surface area contributed by atoms with Crippen LogP contribution in [0.1, 0.15) is 50.1 Å². The number of hydrogen-bond acceptors (Lipinski definition) is 2. The molecule has 3 aliphatic rings. The van der Waals surface area contributed by atoms with Crippen molar-refractivity contribution < 1.29 is 9.53 Å². The Kier molecular flexibility index (Phi) is 3.36. The van der Waals surface area contributed by atoms with E-state index in [-0.39, 0.29) is 11.9 Å². The monoisotopic (exact) mass is 285 g/mol. The normalized spacial score (nSPS) is 33.3. The van der Waals surface area contributed by atoms with Gasteiger partial charge >= 0.3 is 0 Å². The van der Waals surface area contributed by atoms with Gasteiger partial charge in [0.1, 0.15) is 5.75 Å². The van der Waals surface area contributed by atoms with Crippen LogP contribution >= 0.6 is 0 Å². The molecule has 21 heavy (non-hydrogen) atoms. The van der Waals surface area contributed by atoms with Crippen LogP contribution in [-0.2, 0) is 4.79 Å². The first-order valence-electron chi connectivity index (χ1n) is 8.30. The van der Waals surface area contributed by atoms with E-state index in [0.717, 1.165) is 36.0 Å². The minimum Gasteiger partial charge on any atom is -0.493 e. The SMILES string of the molecule is O=C(C[C@@H]1C[C@H]2CC[C@H]1C2)N[C@@H]1CCOc2ccccc21. The summed E-state index contributed by atoms with van der Waals surface area (Å²) in [6, 6.07) is 8.18. The second-order valence-corrected chi connectivity index (χ2v) is 6.93. The number of rotatable bonds is 3. The van der Waals surface area contributed by atoms with E-state index in [9.17, 15) is 4.79 Å². The van der Waals surface area contributed by atoms with Gasteiger partial charge in [-0.25, -0.2) is 0 Å². The number of amides is 1. The van der Waals surface area contributed by atoms with E-state index in [1.165, 1.54) is 25.7 Å². The highest BCUT2D eigenvalue weighted by molar-refractivity contribution is 5.77. The van der Waals surface area contributed by atoms with Crippen molar-refractivity contribution in [1.82, 2.24) is 5.32 Å². The first-order chi connectivity index (χ1) is 10.3. The number of ether oxygens (including phenoxy) is 1. The molecule has 1 heterocycles. The lowest BCUT2D eigenvalue weighted by Gasteiger charge is -2.28. The molecule has 0 radical (unpaired) electrons. The van der Waals surface area contributed by atoms with Crippen molar-refractivity contribution in [3.8, 4) is 5.75 Å². The van der Waals surface area contributed by atoms with E-state index in [1.807, 2.05) is 18.2 Å². The van der Waals surface area contributed by atoms with Gasteiger partial charge in [0.25, 0.3) is 0 Å². The molecular weight excluding hydrogens is 262 g/mol. The summed E-state index contributed by atoms with van der Waals surface area (Å²) in [5.41, 5.74) is 1.13. The van der Waals surface area contributed by atoms with Gasteiger partial charge in [-0.3, -0.25) is 4.79 Å². The molecule has 2 saturated carbocycles. The third-order valence-corrected chi connectivity index (χ3v) is 5.63. The highest BCUT2D eigenvalue weighted by Crippen LogP contribution is 2.49. The highest BCUT2D eigenvalue weighted by atomic mass is 16.5. The van der Waals surface area contributed by atoms with Gasteiger partial charge in [-0.05, 0) is 43.1 Å². The molecule has 0 aromatic heterocycles. The lowest BCUT2D eigenvalue weighted by molar-refractivity contribution is -0.123. The van der Waals surface area contributed by atoms with Crippen LogP contribution in [0.2, 0.25) is 0 Å². The van der Waals surface area contributed by atoms with Gasteiger partial charge in [-0.1, -0.05) is 24.6 Å². The summed E-state index contributed by atoms with van der Waals surface area (Å²) < 4.78 is 5.66. The van der Waals surface area contributed by atoms with Crippen LogP contribution in [0.5, 0.6) is 5.75 Å². The van der Waals surface area contributed by atoms with Crippen LogP contribution in [0.25, 0.3) is 0 Å². The minimum absolute atomic E-state index is 0.126. The largest absolute Gasteiger partial charge is 0.493 e. The quantitative estimate of drug-likeness (QED) is 0.923. The van der Waals surface area contributed by atoms with Crippen molar-refractivity contribution in [3.05, 3.63) is 29.8 Å². The van der Waals surface area contributed by atoms with E-state index in [0.29, 0.717) is 12.5 Å². The summed E-state index contributed by atoms with van der Waals surface area (Å²) in [6.45, 7) is 0.691. The maximum Gasteiger partial charge on any atom is 0.220 e. The summed E-state index contributed by atoms with van der Waals surface area (Å²) in [5, 5.41) is 3.24. The Hall–Kier alpha value is -1.51. The van der Waals surface area contributed by atoms with Crippen LogP contribution in [0.15, 0.2) is 24.3 Å². The molecule has 1 N–H and O–H groups in total. The van der Waals surface area contributed by atoms with E-state index in [2.05, 4.69) is 11.4 Å². The van der Waals surface area contributed by atoms with Crippen LogP contribution in [0.3, 0.4) is 0 Å². The zero-order chi connectivity index (χ0) is 14.2. The molecule has 0 saturated heterocycles. The van der Waals surface area contributed by atoms with Gasteiger partial charge in [0.2, 0.25) is 5.91 Å². The molecule has 0 spiro atoms. The Labute approximate surface area is 126 Å². The van der Waals surface area contributed by atoms with Gasteiger partial charge < -0.3 is 10.1 Å². The topological polar surface area (TPSA) is 38.3 Å². The van der Waals surface area contributed by atoms with Gasteiger partial charge in [0, 0.05) is 18.4 Å². The van der Waals surface area contributed by atoms with Crippen molar-refractivity contribution >= 4 is 5.91 Å². The second-order valence-electron chi connectivity index (χ2n) is 6.93. The smallest absolute Gasteiger partial charge is 0.220 e. The van der Waals surface area contributed by atoms with Crippen molar-refractivity contribution in [2.75, 3.05) is 6.61 Å². The molecule has 0 unspecified atom stereocenters. The van der Waals surface area contributed by atoms with Crippen molar-refractivity contribution in [1.29, 1.82) is 0 Å². The predicted molar refractivity (Wildman–Crippen MR) is 81.0 cm³/mol. The zero-order valence-electron chi connectivity index (χ0n) is 12.4. The van der Waals surface area contributed by atoms with Gasteiger partial charge in [0.05, 0.1) is 12.6 Å². The molecule has 4 atom stereocenters. The maximum absolute atomic E-state index is 12.4. The lowest BCUT2D eigenvalue weighted by Crippen LogP contribution is -2.33. The lowest BCUT2D eigenvalue weighted by atomic mass is 9.86. The van der Waals surface area contributed by atoms with Gasteiger partial charge in [0.15, 0.2) is 0 Å². The Morgan fingerprint density at radius 2 is 2.10 bits per heavy atom.